The van der Waals surface area contributed by atoms with Gasteiger partial charge >= 0.3 is 0 Å². The van der Waals surface area contributed by atoms with Crippen LogP contribution < -0.4 is 10.9 Å². The molecule has 2 heterocycles. The first-order chi connectivity index (χ1) is 13.5. The Kier molecular flexibility index (Phi) is 6.83. The molecule has 1 aliphatic rings. The first-order valence-corrected chi connectivity index (χ1v) is 10.9. The number of carbonyl (C=O) groups is 2. The Morgan fingerprint density at radius 2 is 2.07 bits per heavy atom. The molecule has 0 aromatic carbocycles. The van der Waals surface area contributed by atoms with Gasteiger partial charge in [0.05, 0.1) is 18.3 Å². The van der Waals surface area contributed by atoms with Gasteiger partial charge in [0.25, 0.3) is 5.56 Å². The van der Waals surface area contributed by atoms with Crippen LogP contribution in [0.5, 0.6) is 0 Å². The van der Waals surface area contributed by atoms with Crippen molar-refractivity contribution in [2.45, 2.75) is 58.9 Å². The zero-order valence-corrected chi connectivity index (χ0v) is 17.4. The van der Waals surface area contributed by atoms with E-state index >= 15 is 0 Å². The van der Waals surface area contributed by atoms with E-state index in [0.717, 1.165) is 48.9 Å². The van der Waals surface area contributed by atoms with E-state index in [4.69, 9.17) is 0 Å². The van der Waals surface area contributed by atoms with Crippen LogP contribution in [0.2, 0.25) is 0 Å². The molecule has 0 spiro atoms. The first-order valence-electron chi connectivity index (χ1n) is 10.1. The number of rotatable bonds is 8. The molecule has 2 amide bonds. The highest BCUT2D eigenvalue weighted by Crippen LogP contribution is 2.33. The van der Waals surface area contributed by atoms with Crippen molar-refractivity contribution < 1.29 is 9.59 Å². The Hall–Kier alpha value is -2.22. The van der Waals surface area contributed by atoms with Gasteiger partial charge in [-0.2, -0.15) is 0 Å². The van der Waals surface area contributed by atoms with E-state index in [9.17, 15) is 14.4 Å². The fraction of sp³-hybridized carbons (Fsp3) is 0.600. The number of hydrogen-bond acceptors (Lipinski definition) is 5. The van der Waals surface area contributed by atoms with Crippen LogP contribution in [0.1, 0.15) is 50.0 Å². The molecule has 3 rings (SSSR count). The number of hydrogen-bond donors (Lipinski definition) is 1. The van der Waals surface area contributed by atoms with Gasteiger partial charge in [-0.05, 0) is 44.6 Å². The Bertz CT molecular complexity index is 918. The zero-order chi connectivity index (χ0) is 20.1. The smallest absolute Gasteiger partial charge is 0.262 e. The summed E-state index contributed by atoms with van der Waals surface area (Å²) >= 11 is 1.59. The molecule has 2 aromatic rings. The number of unbranched alkanes of at least 4 members (excludes halogenated alkanes) is 1. The summed E-state index contributed by atoms with van der Waals surface area (Å²) in [4.78, 5) is 45.6. The average Bonchev–Trinajstić information content (AvgIpc) is 3.08. The van der Waals surface area contributed by atoms with Gasteiger partial charge in [0.15, 0.2) is 0 Å². The number of likely N-dealkylation sites (N-methyl/N-ethyl adjacent to an activating group) is 1. The van der Waals surface area contributed by atoms with Gasteiger partial charge in [-0.15, -0.1) is 11.3 Å². The van der Waals surface area contributed by atoms with E-state index in [2.05, 4.69) is 17.2 Å². The van der Waals surface area contributed by atoms with Crippen LogP contribution in [0.3, 0.4) is 0 Å². The lowest BCUT2D eigenvalue weighted by Crippen LogP contribution is -2.42. The number of amides is 2. The van der Waals surface area contributed by atoms with Crippen LogP contribution in [0.4, 0.5) is 0 Å². The second-order valence-corrected chi connectivity index (χ2v) is 8.26. The molecule has 0 atom stereocenters. The van der Waals surface area contributed by atoms with Crippen LogP contribution in [-0.4, -0.2) is 45.9 Å². The van der Waals surface area contributed by atoms with E-state index in [1.165, 1.54) is 15.8 Å². The highest BCUT2D eigenvalue weighted by Gasteiger charge is 2.20. The molecule has 2 aromatic heterocycles. The van der Waals surface area contributed by atoms with Crippen LogP contribution in [-0.2, 0) is 29.0 Å². The fourth-order valence-corrected chi connectivity index (χ4v) is 4.82. The topological polar surface area (TPSA) is 84.3 Å². The van der Waals surface area contributed by atoms with Crippen LogP contribution in [0, 0.1) is 0 Å². The van der Waals surface area contributed by atoms with E-state index in [1.807, 2.05) is 6.92 Å². The number of aryl methyl sites for hydroxylation is 2. The molecule has 0 bridgehead atoms. The van der Waals surface area contributed by atoms with Crippen molar-refractivity contribution in [2.24, 2.45) is 0 Å². The van der Waals surface area contributed by atoms with Crippen LogP contribution in [0.25, 0.3) is 10.2 Å². The molecule has 0 saturated carbocycles. The lowest BCUT2D eigenvalue weighted by atomic mass is 9.97. The summed E-state index contributed by atoms with van der Waals surface area (Å²) in [5, 5.41) is 3.31. The number of thiophene rings is 1. The van der Waals surface area contributed by atoms with Gasteiger partial charge in [-0.3, -0.25) is 19.0 Å². The molecule has 7 nitrogen and oxygen atoms in total. The number of nitrogens with zero attached hydrogens (tertiary/aromatic N) is 3. The van der Waals surface area contributed by atoms with E-state index in [1.54, 1.807) is 16.2 Å². The summed E-state index contributed by atoms with van der Waals surface area (Å²) in [6.45, 7) is 5.16. The first kappa shape index (κ1) is 20.5. The summed E-state index contributed by atoms with van der Waals surface area (Å²) in [5.41, 5.74) is 0.951. The van der Waals surface area contributed by atoms with E-state index < -0.39 is 0 Å². The molecule has 1 N–H and O–H groups in total. The normalized spacial score (nSPS) is 13.4. The third-order valence-corrected chi connectivity index (χ3v) is 6.41. The Balaban J connectivity index is 1.66. The number of nitrogens with one attached hydrogen (secondary N) is 1. The molecule has 0 radical (unpaired) electrons. The molecule has 0 unspecified atom stereocenters. The van der Waals surface area contributed by atoms with Crippen molar-refractivity contribution in [3.63, 3.8) is 0 Å². The number of fused-ring (bicyclic) bond motifs is 3. The van der Waals surface area contributed by atoms with E-state index in [-0.39, 0.29) is 30.5 Å². The maximum absolute atomic E-state index is 12.9. The van der Waals surface area contributed by atoms with Crippen molar-refractivity contribution in [3.05, 3.63) is 27.1 Å². The lowest BCUT2D eigenvalue weighted by molar-refractivity contribution is -0.132. The largest absolute Gasteiger partial charge is 0.345 e. The van der Waals surface area contributed by atoms with Crippen molar-refractivity contribution in [2.75, 3.05) is 19.6 Å². The average molecular weight is 405 g/mol. The summed E-state index contributed by atoms with van der Waals surface area (Å²) in [6, 6.07) is 0. The minimum atomic E-state index is -0.354. The van der Waals surface area contributed by atoms with Crippen molar-refractivity contribution in [3.8, 4) is 0 Å². The molecule has 28 heavy (non-hydrogen) atoms. The monoisotopic (exact) mass is 404 g/mol. The lowest BCUT2D eigenvalue weighted by Gasteiger charge is -2.20. The third-order valence-electron chi connectivity index (χ3n) is 5.21. The molecule has 0 fully saturated rings. The van der Waals surface area contributed by atoms with Gasteiger partial charge in [-0.1, -0.05) is 13.3 Å². The summed E-state index contributed by atoms with van der Waals surface area (Å²) in [5.74, 6) is -0.454. The van der Waals surface area contributed by atoms with E-state index in [0.29, 0.717) is 18.5 Å². The van der Waals surface area contributed by atoms with Gasteiger partial charge in [0.2, 0.25) is 11.8 Å². The molecule has 1 aliphatic carbocycles. The third kappa shape index (κ3) is 4.43. The van der Waals surface area contributed by atoms with Crippen molar-refractivity contribution in [1.82, 2.24) is 19.8 Å². The Morgan fingerprint density at radius 1 is 1.29 bits per heavy atom. The second kappa shape index (κ2) is 9.32. The minimum absolute atomic E-state index is 0.0470. The van der Waals surface area contributed by atoms with Gasteiger partial charge < -0.3 is 10.2 Å². The number of carbonyl (C=O) groups excluding carboxylic acids is 2. The van der Waals surface area contributed by atoms with Gasteiger partial charge in [0.1, 0.15) is 11.4 Å². The van der Waals surface area contributed by atoms with Crippen molar-refractivity contribution >= 4 is 33.4 Å². The Morgan fingerprint density at radius 3 is 2.82 bits per heavy atom. The predicted octanol–water partition coefficient (Wildman–Crippen LogP) is 2.10. The quantitative estimate of drug-likeness (QED) is 0.730. The summed E-state index contributed by atoms with van der Waals surface area (Å²) in [6.07, 6.45) is 7.54. The highest BCUT2D eigenvalue weighted by atomic mass is 32.1. The number of aromatic nitrogens is 2. The highest BCUT2D eigenvalue weighted by molar-refractivity contribution is 7.18. The fourth-order valence-electron chi connectivity index (χ4n) is 3.60. The second-order valence-electron chi connectivity index (χ2n) is 7.17. The molecule has 0 saturated heterocycles. The standard InChI is InChI=1S/C20H28N4O3S/c1-3-5-10-23(4-2)17(26)11-21-16(25)12-24-13-22-19-18(20(24)27)14-8-6-7-9-15(14)28-19/h13H,3-12H2,1-2H3,(H,21,25). The summed E-state index contributed by atoms with van der Waals surface area (Å²) in [7, 11) is 0. The predicted molar refractivity (Wildman–Crippen MR) is 111 cm³/mol. The molecular weight excluding hydrogens is 376 g/mol. The summed E-state index contributed by atoms with van der Waals surface area (Å²) < 4.78 is 1.35. The van der Waals surface area contributed by atoms with Gasteiger partial charge in [-0.25, -0.2) is 4.98 Å². The minimum Gasteiger partial charge on any atom is -0.345 e. The molecule has 0 aliphatic heterocycles. The Labute approximate surface area is 168 Å². The zero-order valence-electron chi connectivity index (χ0n) is 16.6. The van der Waals surface area contributed by atoms with Crippen molar-refractivity contribution in [1.29, 1.82) is 0 Å². The SMILES string of the molecule is CCCCN(CC)C(=O)CNC(=O)Cn1cnc2sc3c(c2c1=O)CCCC3. The maximum Gasteiger partial charge on any atom is 0.262 e. The maximum atomic E-state index is 12.9. The van der Waals surface area contributed by atoms with Gasteiger partial charge in [0, 0.05) is 18.0 Å². The van der Waals surface area contributed by atoms with Crippen LogP contribution in [0.15, 0.2) is 11.1 Å². The molecular formula is C20H28N4O3S. The van der Waals surface area contributed by atoms with Crippen LogP contribution >= 0.6 is 11.3 Å². The molecule has 8 heteroatoms. The molecule has 152 valence electrons.